The van der Waals surface area contributed by atoms with Crippen molar-refractivity contribution in [2.24, 2.45) is 0 Å². The molecule has 1 aromatic rings. The molecule has 0 radical (unpaired) electrons. The molecule has 1 heterocycles. The maximum atomic E-state index is 13.4. The van der Waals surface area contributed by atoms with Gasteiger partial charge in [-0.1, -0.05) is 19.3 Å². The number of alkyl halides is 3. The van der Waals surface area contributed by atoms with Crippen molar-refractivity contribution in [3.05, 3.63) is 29.3 Å². The van der Waals surface area contributed by atoms with Gasteiger partial charge in [0.15, 0.2) is 5.11 Å². The molecule has 0 aliphatic carbocycles. The molecule has 0 aromatic heterocycles. The van der Waals surface area contributed by atoms with Gasteiger partial charge in [-0.25, -0.2) is 0 Å². The third-order valence-electron chi connectivity index (χ3n) is 5.58. The van der Waals surface area contributed by atoms with Gasteiger partial charge >= 0.3 is 12.1 Å². The second kappa shape index (κ2) is 10.3. The van der Waals surface area contributed by atoms with Crippen LogP contribution >= 0.6 is 12.2 Å². The summed E-state index contributed by atoms with van der Waals surface area (Å²) in [4.78, 5) is 14.3. The van der Waals surface area contributed by atoms with E-state index in [4.69, 9.17) is 22.9 Å². The number of nitrogens with zero attached hydrogens (tertiary/aromatic N) is 3. The molecule has 1 N–H and O–H groups in total. The normalized spacial score (nSPS) is 15.8. The zero-order valence-electron chi connectivity index (χ0n) is 18.4. The SMILES string of the molecule is COC(=O)CCCCCCCN1C(=S)N(c2ccc(C#N)c(C(F)(F)F)c2)C(=N)C1(C)C. The quantitative estimate of drug-likeness (QED) is 0.303. The molecule has 0 saturated carbocycles. The van der Waals surface area contributed by atoms with Crippen LogP contribution in [0.3, 0.4) is 0 Å². The Balaban J connectivity index is 2.07. The molecule has 10 heteroatoms. The Morgan fingerprint density at radius 2 is 1.84 bits per heavy atom. The summed E-state index contributed by atoms with van der Waals surface area (Å²) in [6.07, 6.45) is 0.00592. The number of rotatable bonds is 9. The van der Waals surface area contributed by atoms with Gasteiger partial charge in [-0.2, -0.15) is 18.4 Å². The van der Waals surface area contributed by atoms with E-state index in [9.17, 15) is 18.0 Å². The number of carbonyl (C=O) groups is 1. The molecule has 1 aromatic carbocycles. The third kappa shape index (κ3) is 5.57. The second-order valence-corrected chi connectivity index (χ2v) is 8.48. The molecular weight excluding hydrogens is 441 g/mol. The van der Waals surface area contributed by atoms with Gasteiger partial charge in [0.1, 0.15) is 5.84 Å². The number of carbonyl (C=O) groups excluding carboxylic acids is 1. The monoisotopic (exact) mass is 468 g/mol. The van der Waals surface area contributed by atoms with Crippen molar-refractivity contribution in [1.82, 2.24) is 4.90 Å². The van der Waals surface area contributed by atoms with Crippen molar-refractivity contribution in [3.8, 4) is 6.07 Å². The van der Waals surface area contributed by atoms with Crippen LogP contribution in [0.4, 0.5) is 18.9 Å². The number of esters is 1. The lowest BCUT2D eigenvalue weighted by atomic mass is 10.0. The van der Waals surface area contributed by atoms with Crippen LogP contribution in [0.15, 0.2) is 18.2 Å². The lowest BCUT2D eigenvalue weighted by Crippen LogP contribution is -2.44. The fourth-order valence-electron chi connectivity index (χ4n) is 3.65. The molecular formula is C22H27F3N4O2S. The Bertz CT molecular complexity index is 925. The minimum Gasteiger partial charge on any atom is -0.469 e. The average Bonchev–Trinajstić information content (AvgIpc) is 2.90. The van der Waals surface area contributed by atoms with Gasteiger partial charge in [-0.05, 0) is 57.1 Å². The highest BCUT2D eigenvalue weighted by Crippen LogP contribution is 2.38. The van der Waals surface area contributed by atoms with E-state index in [2.05, 4.69) is 4.74 Å². The Kier molecular flexibility index (Phi) is 8.24. The first-order valence-electron chi connectivity index (χ1n) is 10.3. The van der Waals surface area contributed by atoms with Crippen molar-refractivity contribution in [1.29, 1.82) is 10.7 Å². The highest BCUT2D eigenvalue weighted by Gasteiger charge is 2.46. The minimum absolute atomic E-state index is 0.0819. The van der Waals surface area contributed by atoms with Gasteiger partial charge in [0.05, 0.1) is 35.5 Å². The van der Waals surface area contributed by atoms with Gasteiger partial charge in [0.2, 0.25) is 0 Å². The molecule has 1 aliphatic heterocycles. The molecule has 174 valence electrons. The number of hydrogen-bond donors (Lipinski definition) is 1. The van der Waals surface area contributed by atoms with E-state index in [-0.39, 0.29) is 22.6 Å². The fourth-order valence-corrected chi connectivity index (χ4v) is 4.16. The minimum atomic E-state index is -4.69. The van der Waals surface area contributed by atoms with Crippen LogP contribution in [0.2, 0.25) is 0 Å². The van der Waals surface area contributed by atoms with Crippen LogP contribution in [-0.4, -0.2) is 41.0 Å². The van der Waals surface area contributed by atoms with E-state index in [0.717, 1.165) is 44.2 Å². The lowest BCUT2D eigenvalue weighted by molar-refractivity contribution is -0.140. The molecule has 0 atom stereocenters. The van der Waals surface area contributed by atoms with Crippen molar-refractivity contribution in [3.63, 3.8) is 0 Å². The molecule has 6 nitrogen and oxygen atoms in total. The highest BCUT2D eigenvalue weighted by molar-refractivity contribution is 7.80. The summed E-state index contributed by atoms with van der Waals surface area (Å²) in [6.45, 7) is 4.18. The van der Waals surface area contributed by atoms with Crippen LogP contribution in [0, 0.1) is 16.7 Å². The first-order valence-corrected chi connectivity index (χ1v) is 10.7. The van der Waals surface area contributed by atoms with E-state index in [1.807, 2.05) is 18.7 Å². The van der Waals surface area contributed by atoms with E-state index in [1.54, 1.807) is 6.07 Å². The van der Waals surface area contributed by atoms with Crippen LogP contribution < -0.4 is 4.90 Å². The van der Waals surface area contributed by atoms with Gasteiger partial charge in [0, 0.05) is 13.0 Å². The topological polar surface area (TPSA) is 80.4 Å². The number of anilines is 1. The number of halogens is 3. The lowest BCUT2D eigenvalue weighted by Gasteiger charge is -2.30. The maximum Gasteiger partial charge on any atom is 0.417 e. The van der Waals surface area contributed by atoms with Crippen molar-refractivity contribution < 1.29 is 22.7 Å². The van der Waals surface area contributed by atoms with Crippen LogP contribution in [0.5, 0.6) is 0 Å². The van der Waals surface area contributed by atoms with Crippen LogP contribution in [-0.2, 0) is 15.7 Å². The number of hydrogen-bond acceptors (Lipinski definition) is 5. The number of thiocarbonyl (C=S) groups is 1. The highest BCUT2D eigenvalue weighted by atomic mass is 32.1. The van der Waals surface area contributed by atoms with Crippen LogP contribution in [0.1, 0.15) is 63.5 Å². The second-order valence-electron chi connectivity index (χ2n) is 8.11. The predicted octanol–water partition coefficient (Wildman–Crippen LogP) is 5.25. The first kappa shape index (κ1) is 25.6. The molecule has 0 amide bonds. The Hall–Kier alpha value is -2.67. The Labute approximate surface area is 191 Å². The molecule has 2 rings (SSSR count). The van der Waals surface area contributed by atoms with Crippen molar-refractivity contribution in [2.45, 2.75) is 64.1 Å². The van der Waals surface area contributed by atoms with E-state index in [1.165, 1.54) is 18.1 Å². The number of nitrogens with one attached hydrogen (secondary N) is 1. The third-order valence-corrected chi connectivity index (χ3v) is 5.98. The summed E-state index contributed by atoms with van der Waals surface area (Å²) in [5, 5.41) is 17.9. The van der Waals surface area contributed by atoms with E-state index < -0.39 is 22.8 Å². The Morgan fingerprint density at radius 3 is 2.44 bits per heavy atom. The predicted molar refractivity (Wildman–Crippen MR) is 119 cm³/mol. The van der Waals surface area contributed by atoms with Gasteiger partial charge in [-0.15, -0.1) is 0 Å². The molecule has 0 bridgehead atoms. The largest absolute Gasteiger partial charge is 0.469 e. The molecule has 0 spiro atoms. The number of amidine groups is 1. The van der Waals surface area contributed by atoms with Gasteiger partial charge in [0.25, 0.3) is 0 Å². The summed E-state index contributed by atoms with van der Waals surface area (Å²) in [5.41, 5.74) is -2.18. The summed E-state index contributed by atoms with van der Waals surface area (Å²) >= 11 is 5.54. The molecule has 1 aliphatic rings. The van der Waals surface area contributed by atoms with E-state index >= 15 is 0 Å². The number of nitriles is 1. The van der Waals surface area contributed by atoms with Gasteiger partial charge < -0.3 is 9.64 Å². The Morgan fingerprint density at radius 1 is 1.22 bits per heavy atom. The summed E-state index contributed by atoms with van der Waals surface area (Å²) in [6, 6.07) is 4.93. The van der Waals surface area contributed by atoms with Crippen molar-refractivity contribution >= 4 is 34.8 Å². The summed E-state index contributed by atoms with van der Waals surface area (Å²) in [7, 11) is 1.37. The summed E-state index contributed by atoms with van der Waals surface area (Å²) in [5.74, 6) is -0.136. The number of methoxy groups -OCH3 is 1. The van der Waals surface area contributed by atoms with Gasteiger partial charge in [-0.3, -0.25) is 15.1 Å². The van der Waals surface area contributed by atoms with Crippen LogP contribution in [0.25, 0.3) is 0 Å². The zero-order chi connectivity index (χ0) is 24.1. The fraction of sp³-hybridized carbons (Fsp3) is 0.545. The average molecular weight is 469 g/mol. The number of ether oxygens (including phenoxy) is 1. The zero-order valence-corrected chi connectivity index (χ0v) is 19.2. The number of benzene rings is 1. The molecule has 32 heavy (non-hydrogen) atoms. The molecule has 1 saturated heterocycles. The standard InChI is InChI=1S/C22H27F3N4O2S/c1-21(2)19(27)29(16-11-10-15(14-26)17(13-16)22(23,24)25)20(32)28(21)12-8-6-4-5-7-9-18(30)31-3/h10-11,13,27H,4-9,12H2,1-3H3. The molecule has 0 unspecified atom stereocenters. The molecule has 1 fully saturated rings. The first-order chi connectivity index (χ1) is 14.9. The smallest absolute Gasteiger partial charge is 0.417 e. The number of unbranched alkanes of at least 4 members (excludes halogenated alkanes) is 4. The van der Waals surface area contributed by atoms with Crippen molar-refractivity contribution in [2.75, 3.05) is 18.6 Å². The summed E-state index contributed by atoms with van der Waals surface area (Å²) < 4.78 is 44.8. The maximum absolute atomic E-state index is 13.4. The van der Waals surface area contributed by atoms with E-state index in [0.29, 0.717) is 13.0 Å².